The minimum absolute atomic E-state index is 0.124. The van der Waals surface area contributed by atoms with E-state index in [4.69, 9.17) is 11.6 Å². The summed E-state index contributed by atoms with van der Waals surface area (Å²) in [5.74, 6) is 0.381. The molecule has 3 atom stereocenters. The quantitative estimate of drug-likeness (QED) is 0.409. The van der Waals surface area contributed by atoms with Crippen LogP contribution < -0.4 is 16.6 Å². The maximum atomic E-state index is 13.8. The zero-order valence-electron chi connectivity index (χ0n) is 19.7. The third-order valence-electron chi connectivity index (χ3n) is 7.32. The molecular weight excluding hydrogens is 476 g/mol. The van der Waals surface area contributed by atoms with Gasteiger partial charge in [-0.05, 0) is 60.4 Å². The van der Waals surface area contributed by atoms with Crippen molar-refractivity contribution in [1.82, 2.24) is 19.9 Å². The lowest BCUT2D eigenvalue weighted by molar-refractivity contribution is 0.0932. The highest BCUT2D eigenvalue weighted by atomic mass is 35.5. The van der Waals surface area contributed by atoms with E-state index in [0.29, 0.717) is 10.9 Å². The number of aryl methyl sites for hydroxylation is 1. The number of fused-ring (bicyclic) bond motifs is 1. The first-order valence-electron chi connectivity index (χ1n) is 12.2. The van der Waals surface area contributed by atoms with E-state index in [1.807, 2.05) is 42.5 Å². The van der Waals surface area contributed by atoms with Crippen molar-refractivity contribution in [3.05, 3.63) is 109 Å². The fraction of sp³-hybridized carbons (Fsp3) is 0.286. The van der Waals surface area contributed by atoms with Gasteiger partial charge >= 0.3 is 5.69 Å². The number of nitrogens with zero attached hydrogens (tertiary/aromatic N) is 2. The number of carbonyl (C=O) groups excluding carboxylic acids is 1. The minimum Gasteiger partial charge on any atom is -0.345 e. The van der Waals surface area contributed by atoms with Crippen molar-refractivity contribution in [2.24, 2.45) is 13.0 Å². The summed E-state index contributed by atoms with van der Waals surface area (Å²) < 4.78 is 1.29. The molecule has 2 aromatic heterocycles. The topological polar surface area (TPSA) is 96.9 Å². The molecule has 2 N–H and O–H groups in total. The molecule has 8 heteroatoms. The zero-order valence-corrected chi connectivity index (χ0v) is 20.5. The van der Waals surface area contributed by atoms with Crippen LogP contribution in [-0.4, -0.2) is 20.4 Å². The van der Waals surface area contributed by atoms with Crippen LogP contribution in [0.2, 0.25) is 5.02 Å². The van der Waals surface area contributed by atoms with Gasteiger partial charge < -0.3 is 5.32 Å². The lowest BCUT2D eigenvalue weighted by atomic mass is 9.98. The van der Waals surface area contributed by atoms with Crippen LogP contribution in [0.4, 0.5) is 0 Å². The van der Waals surface area contributed by atoms with Gasteiger partial charge in [-0.2, -0.15) is 0 Å². The van der Waals surface area contributed by atoms with E-state index in [9.17, 15) is 14.4 Å². The molecule has 7 nitrogen and oxygen atoms in total. The highest BCUT2D eigenvalue weighted by Gasteiger charge is 2.45. The summed E-state index contributed by atoms with van der Waals surface area (Å²) in [5, 5.41) is 3.93. The molecule has 2 fully saturated rings. The van der Waals surface area contributed by atoms with Crippen LogP contribution in [-0.2, 0) is 7.05 Å². The number of amides is 1. The van der Waals surface area contributed by atoms with Gasteiger partial charge in [-0.3, -0.25) is 19.1 Å². The molecule has 182 valence electrons. The van der Waals surface area contributed by atoms with Crippen LogP contribution in [0.1, 0.15) is 64.3 Å². The van der Waals surface area contributed by atoms with Crippen LogP contribution in [0.15, 0.2) is 70.3 Å². The third-order valence-corrected chi connectivity index (χ3v) is 7.56. The molecule has 36 heavy (non-hydrogen) atoms. The molecule has 0 bridgehead atoms. The number of halogens is 1. The van der Waals surface area contributed by atoms with Gasteiger partial charge in [-0.25, -0.2) is 9.78 Å². The summed E-state index contributed by atoms with van der Waals surface area (Å²) in [4.78, 5) is 45.8. The van der Waals surface area contributed by atoms with E-state index < -0.39 is 11.2 Å². The largest absolute Gasteiger partial charge is 0.345 e. The van der Waals surface area contributed by atoms with E-state index in [-0.39, 0.29) is 40.4 Å². The molecule has 4 aromatic rings. The molecule has 2 aromatic carbocycles. The number of benzene rings is 2. The summed E-state index contributed by atoms with van der Waals surface area (Å²) in [6, 6.07) is 19.2. The summed E-state index contributed by atoms with van der Waals surface area (Å²) >= 11 is 6.32. The third kappa shape index (κ3) is 4.13. The molecule has 0 spiro atoms. The van der Waals surface area contributed by atoms with Gasteiger partial charge in [0.15, 0.2) is 0 Å². The van der Waals surface area contributed by atoms with E-state index in [1.54, 1.807) is 13.1 Å². The Morgan fingerprint density at radius 1 is 1.11 bits per heavy atom. The first-order valence-corrected chi connectivity index (χ1v) is 12.5. The molecule has 2 heterocycles. The normalized spacial score (nSPS) is 19.7. The van der Waals surface area contributed by atoms with Crippen LogP contribution in [0, 0.1) is 5.92 Å². The van der Waals surface area contributed by atoms with Gasteiger partial charge in [-0.15, -0.1) is 0 Å². The monoisotopic (exact) mass is 500 g/mol. The van der Waals surface area contributed by atoms with E-state index in [1.165, 1.54) is 10.1 Å². The van der Waals surface area contributed by atoms with E-state index >= 15 is 0 Å². The summed E-state index contributed by atoms with van der Waals surface area (Å²) in [7, 11) is 1.55. The fourth-order valence-electron chi connectivity index (χ4n) is 5.15. The minimum atomic E-state index is -0.610. The van der Waals surface area contributed by atoms with Gasteiger partial charge in [0.1, 0.15) is 5.65 Å². The van der Waals surface area contributed by atoms with Gasteiger partial charge in [0.25, 0.3) is 11.5 Å². The smallest absolute Gasteiger partial charge is 0.329 e. The molecule has 2 saturated carbocycles. The molecule has 1 amide bonds. The fourth-order valence-corrected chi connectivity index (χ4v) is 5.35. The Hall–Kier alpha value is -3.71. The molecule has 3 unspecified atom stereocenters. The van der Waals surface area contributed by atoms with E-state index in [0.717, 1.165) is 30.5 Å². The van der Waals surface area contributed by atoms with Crippen molar-refractivity contribution >= 4 is 28.5 Å². The van der Waals surface area contributed by atoms with Gasteiger partial charge in [0.2, 0.25) is 0 Å². The van der Waals surface area contributed by atoms with E-state index in [2.05, 4.69) is 27.4 Å². The second-order valence-corrected chi connectivity index (χ2v) is 10.2. The van der Waals surface area contributed by atoms with Gasteiger partial charge in [-0.1, -0.05) is 54.1 Å². The second kappa shape index (κ2) is 8.75. The lowest BCUT2D eigenvalue weighted by Crippen LogP contribution is -2.34. The number of carbonyl (C=O) groups is 1. The second-order valence-electron chi connectivity index (χ2n) is 9.81. The van der Waals surface area contributed by atoms with Crippen LogP contribution in [0.3, 0.4) is 0 Å². The molecule has 0 saturated heterocycles. The summed E-state index contributed by atoms with van der Waals surface area (Å²) in [6.45, 7) is 0. The molecule has 0 aliphatic heterocycles. The van der Waals surface area contributed by atoms with Crippen molar-refractivity contribution in [3.8, 4) is 0 Å². The maximum absolute atomic E-state index is 13.8. The van der Waals surface area contributed by atoms with Crippen molar-refractivity contribution in [3.63, 3.8) is 0 Å². The lowest BCUT2D eigenvalue weighted by Gasteiger charge is -2.21. The van der Waals surface area contributed by atoms with Crippen LogP contribution in [0.25, 0.3) is 11.0 Å². The van der Waals surface area contributed by atoms with Crippen molar-refractivity contribution in [2.45, 2.75) is 37.1 Å². The Balaban J connectivity index is 1.42. The van der Waals surface area contributed by atoms with Crippen molar-refractivity contribution in [2.75, 3.05) is 0 Å². The zero-order chi connectivity index (χ0) is 25.0. The number of aromatic nitrogens is 3. The first kappa shape index (κ1) is 22.7. The maximum Gasteiger partial charge on any atom is 0.329 e. The Labute approximate surface area is 212 Å². The Morgan fingerprint density at radius 3 is 2.61 bits per heavy atom. The number of hydrogen-bond donors (Lipinski definition) is 2. The van der Waals surface area contributed by atoms with Crippen LogP contribution >= 0.6 is 11.6 Å². The molecule has 6 rings (SSSR count). The Kier molecular flexibility index (Phi) is 5.52. The summed E-state index contributed by atoms with van der Waals surface area (Å²) in [5.41, 5.74) is 2.19. The number of nitrogens with one attached hydrogen (secondary N) is 2. The number of H-pyrrole nitrogens is 1. The standard InChI is InChI=1S/C28H25ClN4O3/c1-33-25-23(27(35)32-28(33)36)21(14-22(30-25)16-10-11-16)26(34)31-24(17-8-5-9-18(29)12-17)20-13-19(20)15-6-3-2-4-7-15/h2-9,12,14,16,19-20,24H,10-11,13H2,1H3,(H,31,34)(H,32,35,36). The van der Waals surface area contributed by atoms with Gasteiger partial charge in [0, 0.05) is 23.7 Å². The molecule has 2 aliphatic carbocycles. The van der Waals surface area contributed by atoms with Gasteiger partial charge in [0.05, 0.1) is 17.0 Å². The molecule has 2 aliphatic rings. The highest BCUT2D eigenvalue weighted by Crippen LogP contribution is 2.54. The Bertz CT molecular complexity index is 1610. The molecule has 0 radical (unpaired) electrons. The van der Waals surface area contributed by atoms with Crippen molar-refractivity contribution in [1.29, 1.82) is 0 Å². The predicted molar refractivity (Wildman–Crippen MR) is 139 cm³/mol. The number of hydrogen-bond acceptors (Lipinski definition) is 4. The summed E-state index contributed by atoms with van der Waals surface area (Å²) in [6.07, 6.45) is 2.88. The first-order chi connectivity index (χ1) is 17.4. The van der Waals surface area contributed by atoms with Crippen molar-refractivity contribution < 1.29 is 4.79 Å². The number of pyridine rings is 1. The van der Waals surface area contributed by atoms with Crippen LogP contribution in [0.5, 0.6) is 0 Å². The highest BCUT2D eigenvalue weighted by molar-refractivity contribution is 6.30. The SMILES string of the molecule is Cn1c(=O)[nH]c(=O)c2c(C(=O)NC(c3cccc(Cl)c3)C3CC3c3ccccc3)cc(C3CC3)nc21. The Morgan fingerprint density at radius 2 is 1.89 bits per heavy atom. The predicted octanol–water partition coefficient (Wildman–Crippen LogP) is 4.43. The number of aromatic amines is 1. The average Bonchev–Trinajstić information content (AvgIpc) is 3.80. The number of rotatable bonds is 6. The molecular formula is C28H25ClN4O3. The average molecular weight is 501 g/mol.